The molecule has 0 radical (unpaired) electrons. The van der Waals surface area contributed by atoms with Crippen LogP contribution in [0, 0.1) is 11.6 Å². The fourth-order valence-corrected chi connectivity index (χ4v) is 1.87. The third-order valence-corrected chi connectivity index (χ3v) is 2.98. The monoisotopic (exact) mass is 287 g/mol. The number of anilines is 1. The quantitative estimate of drug-likeness (QED) is 0.801. The maximum atomic E-state index is 13.5. The number of tetrazole rings is 1. The van der Waals surface area contributed by atoms with Crippen LogP contribution in [0.3, 0.4) is 0 Å². The van der Waals surface area contributed by atoms with Crippen LogP contribution in [0.5, 0.6) is 0 Å². The predicted octanol–water partition coefficient (Wildman–Crippen LogP) is 2.55. The molecule has 3 aromatic rings. The van der Waals surface area contributed by atoms with Gasteiger partial charge < -0.3 is 5.32 Å². The molecule has 1 N–H and O–H groups in total. The summed E-state index contributed by atoms with van der Waals surface area (Å²) in [4.78, 5) is 0. The van der Waals surface area contributed by atoms with Crippen molar-refractivity contribution in [1.82, 2.24) is 20.2 Å². The Labute approximate surface area is 119 Å². The Morgan fingerprint density at radius 1 is 1.05 bits per heavy atom. The van der Waals surface area contributed by atoms with E-state index in [-0.39, 0.29) is 6.54 Å². The van der Waals surface area contributed by atoms with E-state index in [2.05, 4.69) is 20.8 Å². The smallest absolute Gasteiger partial charge is 0.143 e. The van der Waals surface area contributed by atoms with Gasteiger partial charge in [-0.3, -0.25) is 0 Å². The molecule has 1 aromatic heterocycles. The van der Waals surface area contributed by atoms with E-state index in [1.165, 1.54) is 23.1 Å². The zero-order valence-electron chi connectivity index (χ0n) is 10.9. The highest BCUT2D eigenvalue weighted by Gasteiger charge is 2.04. The van der Waals surface area contributed by atoms with Crippen molar-refractivity contribution >= 4 is 5.69 Å². The first-order chi connectivity index (χ1) is 10.2. The van der Waals surface area contributed by atoms with Crippen LogP contribution in [0.15, 0.2) is 48.8 Å². The van der Waals surface area contributed by atoms with E-state index in [0.717, 1.165) is 17.4 Å². The first-order valence-corrected chi connectivity index (χ1v) is 6.23. The van der Waals surface area contributed by atoms with E-state index < -0.39 is 11.6 Å². The summed E-state index contributed by atoms with van der Waals surface area (Å²) < 4.78 is 27.8. The minimum atomic E-state index is -0.581. The summed E-state index contributed by atoms with van der Waals surface area (Å²) in [5.41, 5.74) is 2.04. The van der Waals surface area contributed by atoms with Crippen LogP contribution < -0.4 is 5.32 Å². The van der Waals surface area contributed by atoms with Crippen LogP contribution in [0.1, 0.15) is 5.56 Å². The topological polar surface area (TPSA) is 55.6 Å². The van der Waals surface area contributed by atoms with Gasteiger partial charge in [-0.15, -0.1) is 5.10 Å². The van der Waals surface area contributed by atoms with Crippen LogP contribution in [0.4, 0.5) is 14.5 Å². The highest BCUT2D eigenvalue weighted by Crippen LogP contribution is 2.15. The van der Waals surface area contributed by atoms with Gasteiger partial charge in [0.25, 0.3) is 0 Å². The Hall–Kier alpha value is -2.83. The van der Waals surface area contributed by atoms with E-state index in [9.17, 15) is 8.78 Å². The standard InChI is InChI=1S/C14H11F2N5/c15-11-2-1-10(14(16)7-11)8-17-12-3-5-13(6-4-12)21-9-18-19-20-21/h1-7,9,17H,8H2. The van der Waals surface area contributed by atoms with Gasteiger partial charge in [0, 0.05) is 23.9 Å². The van der Waals surface area contributed by atoms with Crippen LogP contribution in [-0.4, -0.2) is 20.2 Å². The van der Waals surface area contributed by atoms with Gasteiger partial charge in [0.1, 0.15) is 18.0 Å². The zero-order valence-corrected chi connectivity index (χ0v) is 10.9. The maximum Gasteiger partial charge on any atom is 0.143 e. The molecule has 3 rings (SSSR count). The number of hydrogen-bond donors (Lipinski definition) is 1. The molecule has 0 amide bonds. The number of hydrogen-bond acceptors (Lipinski definition) is 4. The third kappa shape index (κ3) is 3.02. The van der Waals surface area contributed by atoms with Gasteiger partial charge in [-0.05, 0) is 40.8 Å². The second-order valence-electron chi connectivity index (χ2n) is 4.39. The lowest BCUT2D eigenvalue weighted by Gasteiger charge is -2.08. The Balaban J connectivity index is 1.68. The largest absolute Gasteiger partial charge is 0.381 e. The molecule has 0 fully saturated rings. The van der Waals surface area contributed by atoms with Crippen molar-refractivity contribution in [2.75, 3.05) is 5.32 Å². The summed E-state index contributed by atoms with van der Waals surface area (Å²) in [5, 5.41) is 14.0. The average Bonchev–Trinajstić information content (AvgIpc) is 3.01. The summed E-state index contributed by atoms with van der Waals surface area (Å²) in [5.74, 6) is -1.14. The molecule has 7 heteroatoms. The average molecular weight is 287 g/mol. The van der Waals surface area contributed by atoms with Gasteiger partial charge in [-0.2, -0.15) is 0 Å². The lowest BCUT2D eigenvalue weighted by molar-refractivity contribution is 0.574. The summed E-state index contributed by atoms with van der Waals surface area (Å²) in [6.45, 7) is 0.274. The van der Waals surface area contributed by atoms with Crippen molar-refractivity contribution in [1.29, 1.82) is 0 Å². The number of rotatable bonds is 4. The lowest BCUT2D eigenvalue weighted by atomic mass is 10.2. The summed E-state index contributed by atoms with van der Waals surface area (Å²) in [7, 11) is 0. The highest BCUT2D eigenvalue weighted by molar-refractivity contribution is 5.48. The molecule has 0 bridgehead atoms. The van der Waals surface area contributed by atoms with Crippen molar-refractivity contribution in [2.45, 2.75) is 6.54 Å². The highest BCUT2D eigenvalue weighted by atomic mass is 19.1. The van der Waals surface area contributed by atoms with Gasteiger partial charge in [-0.25, -0.2) is 13.5 Å². The van der Waals surface area contributed by atoms with Gasteiger partial charge in [0.2, 0.25) is 0 Å². The van der Waals surface area contributed by atoms with E-state index in [4.69, 9.17) is 0 Å². The number of aromatic nitrogens is 4. The van der Waals surface area contributed by atoms with E-state index in [1.54, 1.807) is 0 Å². The van der Waals surface area contributed by atoms with Crippen molar-refractivity contribution < 1.29 is 8.78 Å². The number of benzene rings is 2. The maximum absolute atomic E-state index is 13.5. The molecular weight excluding hydrogens is 276 g/mol. The summed E-state index contributed by atoms with van der Waals surface area (Å²) >= 11 is 0. The third-order valence-electron chi connectivity index (χ3n) is 2.98. The minimum Gasteiger partial charge on any atom is -0.381 e. The second kappa shape index (κ2) is 5.66. The molecule has 0 atom stereocenters. The summed E-state index contributed by atoms with van der Waals surface area (Å²) in [6, 6.07) is 10.9. The first kappa shape index (κ1) is 13.2. The molecule has 0 saturated carbocycles. The van der Waals surface area contributed by atoms with Crippen molar-refractivity contribution in [3.05, 3.63) is 66.0 Å². The molecular formula is C14H11F2N5. The van der Waals surface area contributed by atoms with E-state index in [0.29, 0.717) is 5.56 Å². The SMILES string of the molecule is Fc1ccc(CNc2ccc(-n3cnnn3)cc2)c(F)c1. The molecule has 106 valence electrons. The van der Waals surface area contributed by atoms with Gasteiger partial charge in [0.05, 0.1) is 5.69 Å². The molecule has 0 aliphatic rings. The van der Waals surface area contributed by atoms with Crippen molar-refractivity contribution in [3.63, 3.8) is 0 Å². The number of nitrogens with one attached hydrogen (secondary N) is 1. The summed E-state index contributed by atoms with van der Waals surface area (Å²) in [6.07, 6.45) is 1.50. The van der Waals surface area contributed by atoms with Crippen molar-refractivity contribution in [2.24, 2.45) is 0 Å². The van der Waals surface area contributed by atoms with Gasteiger partial charge in [-0.1, -0.05) is 6.07 Å². The Morgan fingerprint density at radius 3 is 2.52 bits per heavy atom. The van der Waals surface area contributed by atoms with Crippen LogP contribution in [0.2, 0.25) is 0 Å². The molecule has 0 aliphatic heterocycles. The van der Waals surface area contributed by atoms with Crippen LogP contribution >= 0.6 is 0 Å². The van der Waals surface area contributed by atoms with Crippen molar-refractivity contribution in [3.8, 4) is 5.69 Å². The van der Waals surface area contributed by atoms with Crippen LogP contribution in [0.25, 0.3) is 5.69 Å². The minimum absolute atomic E-state index is 0.274. The van der Waals surface area contributed by atoms with Gasteiger partial charge >= 0.3 is 0 Å². The molecule has 1 heterocycles. The van der Waals surface area contributed by atoms with Gasteiger partial charge in [0.15, 0.2) is 0 Å². The number of nitrogens with zero attached hydrogens (tertiary/aromatic N) is 4. The fourth-order valence-electron chi connectivity index (χ4n) is 1.87. The molecule has 2 aromatic carbocycles. The number of halogens is 2. The normalized spacial score (nSPS) is 10.6. The molecule has 0 unspecified atom stereocenters. The molecule has 0 saturated heterocycles. The predicted molar refractivity (Wildman–Crippen MR) is 72.8 cm³/mol. The Morgan fingerprint density at radius 2 is 1.86 bits per heavy atom. The Kier molecular flexibility index (Phi) is 3.55. The molecule has 21 heavy (non-hydrogen) atoms. The molecule has 5 nitrogen and oxygen atoms in total. The second-order valence-corrected chi connectivity index (χ2v) is 4.39. The molecule has 0 spiro atoms. The first-order valence-electron chi connectivity index (χ1n) is 6.23. The van der Waals surface area contributed by atoms with E-state index in [1.807, 2.05) is 24.3 Å². The van der Waals surface area contributed by atoms with Crippen LogP contribution in [-0.2, 0) is 6.54 Å². The zero-order chi connectivity index (χ0) is 14.7. The fraction of sp³-hybridized carbons (Fsp3) is 0.0714. The lowest BCUT2D eigenvalue weighted by Crippen LogP contribution is -2.02. The van der Waals surface area contributed by atoms with E-state index >= 15 is 0 Å². The Bertz CT molecular complexity index is 726. The molecule has 0 aliphatic carbocycles.